The van der Waals surface area contributed by atoms with Gasteiger partial charge < -0.3 is 10.2 Å². The van der Waals surface area contributed by atoms with Crippen LogP contribution in [-0.4, -0.2) is 45.8 Å². The number of rotatable bonds is 6. The van der Waals surface area contributed by atoms with Gasteiger partial charge in [-0.3, -0.25) is 4.39 Å². The van der Waals surface area contributed by atoms with E-state index < -0.39 is 16.5 Å². The molecule has 3 rings (SSSR count). The summed E-state index contributed by atoms with van der Waals surface area (Å²) in [4.78, 5) is 7.12. The van der Waals surface area contributed by atoms with Crippen LogP contribution < -0.4 is 10.2 Å². The van der Waals surface area contributed by atoms with E-state index in [1.165, 1.54) is 0 Å². The van der Waals surface area contributed by atoms with E-state index in [0.29, 0.717) is 11.6 Å². The van der Waals surface area contributed by atoms with Crippen molar-refractivity contribution in [3.8, 4) is 0 Å². The number of hydrogen-bond donors (Lipinski definition) is 1. The zero-order valence-electron chi connectivity index (χ0n) is 16.7. The van der Waals surface area contributed by atoms with Crippen LogP contribution in [0.2, 0.25) is 0 Å². The molecule has 1 fully saturated rings. The maximum Gasteiger partial charge on any atom is 0.182 e. The van der Waals surface area contributed by atoms with Crippen LogP contribution in [0.15, 0.2) is 41.3 Å². The molecular formula is C21H28FN3O2S. The molecule has 0 bridgehead atoms. The smallest absolute Gasteiger partial charge is 0.182 e. The third kappa shape index (κ3) is 4.70. The average molecular weight is 406 g/mol. The van der Waals surface area contributed by atoms with Crippen LogP contribution in [0, 0.1) is 6.92 Å². The summed E-state index contributed by atoms with van der Waals surface area (Å²) in [5, 5.41) is 3.40. The Morgan fingerprint density at radius 3 is 2.57 bits per heavy atom. The molecule has 152 valence electrons. The summed E-state index contributed by atoms with van der Waals surface area (Å²) in [6.45, 7) is 7.99. The second-order valence-electron chi connectivity index (χ2n) is 7.60. The lowest BCUT2D eigenvalue weighted by Crippen LogP contribution is -2.49. The van der Waals surface area contributed by atoms with Crippen molar-refractivity contribution in [2.45, 2.75) is 43.4 Å². The number of halogens is 1. The number of anilines is 1. The second kappa shape index (κ2) is 8.57. The van der Waals surface area contributed by atoms with Gasteiger partial charge in [0.1, 0.15) is 5.82 Å². The molecule has 0 aliphatic carbocycles. The third-order valence-electron chi connectivity index (χ3n) is 5.26. The highest BCUT2D eigenvalue weighted by Crippen LogP contribution is 2.23. The normalized spacial score (nSPS) is 18.9. The van der Waals surface area contributed by atoms with E-state index >= 15 is 0 Å². The summed E-state index contributed by atoms with van der Waals surface area (Å²) in [5.74, 6) is 0.558. The van der Waals surface area contributed by atoms with Gasteiger partial charge >= 0.3 is 0 Å². The average Bonchev–Trinajstić information content (AvgIpc) is 2.69. The zero-order valence-corrected chi connectivity index (χ0v) is 17.5. The number of alkyl halides is 1. The lowest BCUT2D eigenvalue weighted by atomic mass is 10.0. The largest absolute Gasteiger partial charge is 0.354 e. The lowest BCUT2D eigenvalue weighted by molar-refractivity contribution is 0.447. The fourth-order valence-electron chi connectivity index (χ4n) is 3.43. The maximum atomic E-state index is 12.8. The first-order valence-corrected chi connectivity index (χ1v) is 11.3. The summed E-state index contributed by atoms with van der Waals surface area (Å²) in [6.07, 6.45) is 0. The zero-order chi connectivity index (χ0) is 20.3. The van der Waals surface area contributed by atoms with E-state index in [-0.39, 0.29) is 16.6 Å². The number of aryl methyl sites for hydroxylation is 1. The quantitative estimate of drug-likeness (QED) is 0.799. The molecule has 1 aliphatic rings. The van der Waals surface area contributed by atoms with Crippen molar-refractivity contribution >= 4 is 15.7 Å². The molecule has 0 unspecified atom stereocenters. The van der Waals surface area contributed by atoms with Crippen molar-refractivity contribution < 1.29 is 12.8 Å². The van der Waals surface area contributed by atoms with Crippen LogP contribution in [0.3, 0.4) is 0 Å². The minimum absolute atomic E-state index is 0.0952. The molecule has 2 aromatic rings. The van der Waals surface area contributed by atoms with E-state index in [0.717, 1.165) is 36.7 Å². The van der Waals surface area contributed by atoms with Gasteiger partial charge in [0.2, 0.25) is 0 Å². The molecule has 7 heteroatoms. The standard InChI is InChI=1S/C21H28FN3O2S/c1-15(12-22)18-4-7-20(8-5-18)28(26,27)14-19-6-9-21(24-17(19)3)25-11-10-23-16(2)13-25/h4-9,15-16,23H,10-14H2,1-3H3/t15-,16-/m0/s1. The maximum absolute atomic E-state index is 12.8. The van der Waals surface area contributed by atoms with E-state index in [1.54, 1.807) is 31.2 Å². The minimum Gasteiger partial charge on any atom is -0.354 e. The first-order chi connectivity index (χ1) is 13.3. The molecule has 0 saturated carbocycles. The fraction of sp³-hybridized carbons (Fsp3) is 0.476. The van der Waals surface area contributed by atoms with Crippen molar-refractivity contribution in [3.63, 3.8) is 0 Å². The summed E-state index contributed by atoms with van der Waals surface area (Å²) in [5.41, 5.74) is 2.23. The highest BCUT2D eigenvalue weighted by atomic mass is 32.2. The molecule has 1 aromatic heterocycles. The van der Waals surface area contributed by atoms with Gasteiger partial charge in [-0.05, 0) is 43.2 Å². The highest BCUT2D eigenvalue weighted by Gasteiger charge is 2.20. The number of piperazine rings is 1. The second-order valence-corrected chi connectivity index (χ2v) is 9.59. The van der Waals surface area contributed by atoms with Crippen LogP contribution in [0.1, 0.15) is 36.6 Å². The van der Waals surface area contributed by atoms with Gasteiger partial charge in [0.05, 0.1) is 17.3 Å². The van der Waals surface area contributed by atoms with Gasteiger partial charge in [0.15, 0.2) is 9.84 Å². The highest BCUT2D eigenvalue weighted by molar-refractivity contribution is 7.90. The van der Waals surface area contributed by atoms with Crippen LogP contribution in [0.5, 0.6) is 0 Å². The van der Waals surface area contributed by atoms with Gasteiger partial charge in [0.25, 0.3) is 0 Å². The van der Waals surface area contributed by atoms with Gasteiger partial charge in [0, 0.05) is 37.3 Å². The topological polar surface area (TPSA) is 62.3 Å². The van der Waals surface area contributed by atoms with Crippen molar-refractivity contribution in [2.75, 3.05) is 31.2 Å². The molecule has 28 heavy (non-hydrogen) atoms. The van der Waals surface area contributed by atoms with Crippen molar-refractivity contribution in [3.05, 3.63) is 53.2 Å². The van der Waals surface area contributed by atoms with Crippen molar-refractivity contribution in [2.24, 2.45) is 0 Å². The summed E-state index contributed by atoms with van der Waals surface area (Å²) < 4.78 is 38.4. The summed E-state index contributed by atoms with van der Waals surface area (Å²) >= 11 is 0. The van der Waals surface area contributed by atoms with Crippen LogP contribution >= 0.6 is 0 Å². The fourth-order valence-corrected chi connectivity index (χ4v) is 4.86. The predicted octanol–water partition coefficient (Wildman–Crippen LogP) is 3.24. The molecule has 1 aliphatic heterocycles. The first-order valence-electron chi connectivity index (χ1n) is 9.63. The monoisotopic (exact) mass is 405 g/mol. The molecule has 0 spiro atoms. The number of aromatic nitrogens is 1. The Hall–Kier alpha value is -1.99. The lowest BCUT2D eigenvalue weighted by Gasteiger charge is -2.33. The summed E-state index contributed by atoms with van der Waals surface area (Å²) in [7, 11) is -3.49. The molecule has 0 amide bonds. The number of pyridine rings is 1. The number of nitrogens with zero attached hydrogens (tertiary/aromatic N) is 2. The molecule has 1 aromatic carbocycles. The molecule has 2 heterocycles. The third-order valence-corrected chi connectivity index (χ3v) is 6.94. The molecule has 0 radical (unpaired) electrons. The summed E-state index contributed by atoms with van der Waals surface area (Å²) in [6, 6.07) is 10.7. The number of hydrogen-bond acceptors (Lipinski definition) is 5. The molecule has 1 N–H and O–H groups in total. The van der Waals surface area contributed by atoms with E-state index in [4.69, 9.17) is 0 Å². The molecular weight excluding hydrogens is 377 g/mol. The number of benzene rings is 1. The Kier molecular flexibility index (Phi) is 6.35. The van der Waals surface area contributed by atoms with Gasteiger partial charge in [-0.1, -0.05) is 25.1 Å². The Balaban J connectivity index is 1.76. The van der Waals surface area contributed by atoms with Crippen LogP contribution in [0.4, 0.5) is 10.2 Å². The molecule has 5 nitrogen and oxygen atoms in total. The first kappa shape index (κ1) is 20.7. The van der Waals surface area contributed by atoms with Crippen molar-refractivity contribution in [1.29, 1.82) is 0 Å². The van der Waals surface area contributed by atoms with Gasteiger partial charge in [-0.15, -0.1) is 0 Å². The van der Waals surface area contributed by atoms with E-state index in [9.17, 15) is 12.8 Å². The Bertz CT molecular complexity index is 916. The Morgan fingerprint density at radius 1 is 1.25 bits per heavy atom. The molecule has 1 saturated heterocycles. The predicted molar refractivity (Wildman–Crippen MR) is 110 cm³/mol. The van der Waals surface area contributed by atoms with Gasteiger partial charge in [-0.25, -0.2) is 13.4 Å². The van der Waals surface area contributed by atoms with E-state index in [2.05, 4.69) is 22.1 Å². The van der Waals surface area contributed by atoms with Crippen molar-refractivity contribution in [1.82, 2.24) is 10.3 Å². The van der Waals surface area contributed by atoms with Crippen LogP contribution in [-0.2, 0) is 15.6 Å². The van der Waals surface area contributed by atoms with E-state index in [1.807, 2.05) is 19.1 Å². The number of nitrogens with one attached hydrogen (secondary N) is 1. The number of sulfone groups is 1. The molecule has 2 atom stereocenters. The Morgan fingerprint density at radius 2 is 1.96 bits per heavy atom. The SMILES string of the molecule is Cc1nc(N2CCN[C@@H](C)C2)ccc1CS(=O)(=O)c1ccc([C@@H](C)CF)cc1. The Labute approximate surface area is 166 Å². The van der Waals surface area contributed by atoms with Crippen LogP contribution in [0.25, 0.3) is 0 Å². The minimum atomic E-state index is -3.49. The van der Waals surface area contributed by atoms with Gasteiger partial charge in [-0.2, -0.15) is 0 Å².